The predicted octanol–water partition coefficient (Wildman–Crippen LogP) is 6.84. The highest BCUT2D eigenvalue weighted by Gasteiger charge is 2.21. The summed E-state index contributed by atoms with van der Waals surface area (Å²) in [5.41, 5.74) is 7.92. The summed E-state index contributed by atoms with van der Waals surface area (Å²) >= 11 is 0. The zero-order valence-corrected chi connectivity index (χ0v) is 18.7. The fourth-order valence-electron chi connectivity index (χ4n) is 5.03. The molecule has 0 amide bonds. The van der Waals surface area contributed by atoms with Crippen LogP contribution in [-0.2, 0) is 6.54 Å². The zero-order chi connectivity index (χ0) is 20.9. The van der Waals surface area contributed by atoms with Crippen molar-refractivity contribution < 1.29 is 0 Å². The van der Waals surface area contributed by atoms with Crippen molar-refractivity contribution in [2.75, 3.05) is 25.0 Å². The fraction of sp³-hybridized carbons (Fsp3) is 0.429. The van der Waals surface area contributed by atoms with Crippen molar-refractivity contribution in [2.45, 2.75) is 58.0 Å². The van der Waals surface area contributed by atoms with Crippen molar-refractivity contribution in [3.05, 3.63) is 71.8 Å². The smallest absolute Gasteiger partial charge is 0.0408 e. The average molecular weight is 401 g/mol. The van der Waals surface area contributed by atoms with Crippen molar-refractivity contribution in [2.24, 2.45) is 0 Å². The molecule has 0 N–H and O–H groups in total. The molecule has 1 saturated carbocycles. The van der Waals surface area contributed by atoms with Gasteiger partial charge in [0.2, 0.25) is 0 Å². The lowest BCUT2D eigenvalue weighted by molar-refractivity contribution is 0.291. The minimum absolute atomic E-state index is 0.659. The Morgan fingerprint density at radius 3 is 2.47 bits per heavy atom. The van der Waals surface area contributed by atoms with E-state index >= 15 is 0 Å². The SMILES string of the molecule is C=Cc1cc(-c2ccc(CN3CC=CCC3)cc2)cc(N(C)C2CCCCC2)c1C. The van der Waals surface area contributed by atoms with Crippen LogP contribution in [0.5, 0.6) is 0 Å². The van der Waals surface area contributed by atoms with Gasteiger partial charge in [0, 0.05) is 38.4 Å². The highest BCUT2D eigenvalue weighted by atomic mass is 15.1. The van der Waals surface area contributed by atoms with Crippen LogP contribution < -0.4 is 4.90 Å². The first-order chi connectivity index (χ1) is 14.7. The number of anilines is 1. The quantitative estimate of drug-likeness (QED) is 0.490. The second-order valence-corrected chi connectivity index (χ2v) is 9.01. The summed E-state index contributed by atoms with van der Waals surface area (Å²) in [6, 6.07) is 14.5. The lowest BCUT2D eigenvalue weighted by Gasteiger charge is -2.34. The molecule has 2 aliphatic rings. The van der Waals surface area contributed by atoms with E-state index in [9.17, 15) is 0 Å². The van der Waals surface area contributed by atoms with Gasteiger partial charge in [-0.3, -0.25) is 4.90 Å². The lowest BCUT2D eigenvalue weighted by atomic mass is 9.92. The van der Waals surface area contributed by atoms with Gasteiger partial charge < -0.3 is 4.90 Å². The highest BCUT2D eigenvalue weighted by Crippen LogP contribution is 2.34. The Labute approximate surface area is 182 Å². The van der Waals surface area contributed by atoms with Gasteiger partial charge in [0.25, 0.3) is 0 Å². The number of rotatable bonds is 6. The van der Waals surface area contributed by atoms with E-state index in [0.29, 0.717) is 6.04 Å². The number of hydrogen-bond acceptors (Lipinski definition) is 2. The van der Waals surface area contributed by atoms with Crippen LogP contribution in [0.1, 0.15) is 55.2 Å². The van der Waals surface area contributed by atoms with Gasteiger partial charge in [0.1, 0.15) is 0 Å². The van der Waals surface area contributed by atoms with Crippen LogP contribution in [-0.4, -0.2) is 31.1 Å². The molecule has 2 nitrogen and oxygen atoms in total. The molecule has 0 atom stereocenters. The minimum atomic E-state index is 0.659. The van der Waals surface area contributed by atoms with E-state index < -0.39 is 0 Å². The molecule has 0 unspecified atom stereocenters. The van der Waals surface area contributed by atoms with E-state index in [1.165, 1.54) is 72.0 Å². The maximum atomic E-state index is 4.09. The van der Waals surface area contributed by atoms with Gasteiger partial charge in [-0.05, 0) is 66.1 Å². The van der Waals surface area contributed by atoms with Crippen LogP contribution >= 0.6 is 0 Å². The summed E-state index contributed by atoms with van der Waals surface area (Å²) in [6.45, 7) is 9.60. The summed E-state index contributed by atoms with van der Waals surface area (Å²) in [7, 11) is 2.28. The van der Waals surface area contributed by atoms with Gasteiger partial charge in [0.05, 0.1) is 0 Å². The standard InChI is InChI=1S/C28H36N2/c1-4-24-19-26(20-28(22(24)2)29(3)27-11-7-5-8-12-27)25-15-13-23(14-16-25)21-30-17-9-6-10-18-30/h4,6,9,13-16,19-20,27H,1,5,7-8,10-12,17-18,21H2,2-3H3. The second-order valence-electron chi connectivity index (χ2n) is 9.01. The van der Waals surface area contributed by atoms with Crippen molar-refractivity contribution in [1.29, 1.82) is 0 Å². The molecule has 2 heteroatoms. The summed E-state index contributed by atoms with van der Waals surface area (Å²) in [6.07, 6.45) is 14.5. The Kier molecular flexibility index (Phi) is 6.74. The van der Waals surface area contributed by atoms with Crippen LogP contribution in [0.15, 0.2) is 55.1 Å². The Hall–Kier alpha value is -2.32. The minimum Gasteiger partial charge on any atom is -0.371 e. The van der Waals surface area contributed by atoms with E-state index in [0.717, 1.165) is 19.6 Å². The molecule has 2 aromatic carbocycles. The first-order valence-electron chi connectivity index (χ1n) is 11.6. The Balaban J connectivity index is 1.58. The maximum Gasteiger partial charge on any atom is 0.0408 e. The third-order valence-corrected chi connectivity index (χ3v) is 6.98. The van der Waals surface area contributed by atoms with Gasteiger partial charge in [0.15, 0.2) is 0 Å². The molecule has 1 aliphatic heterocycles. The molecule has 1 aliphatic carbocycles. The fourth-order valence-corrected chi connectivity index (χ4v) is 5.03. The third kappa shape index (κ3) is 4.70. The number of benzene rings is 2. The van der Waals surface area contributed by atoms with E-state index in [-0.39, 0.29) is 0 Å². The Bertz CT molecular complexity index is 888. The van der Waals surface area contributed by atoms with Crippen LogP contribution in [0, 0.1) is 6.92 Å². The lowest BCUT2D eigenvalue weighted by Crippen LogP contribution is -2.33. The highest BCUT2D eigenvalue weighted by molar-refractivity contribution is 5.76. The third-order valence-electron chi connectivity index (χ3n) is 6.98. The van der Waals surface area contributed by atoms with Gasteiger partial charge in [-0.2, -0.15) is 0 Å². The Morgan fingerprint density at radius 1 is 1.03 bits per heavy atom. The molecule has 158 valence electrons. The average Bonchev–Trinajstić information content (AvgIpc) is 2.80. The van der Waals surface area contributed by atoms with E-state index in [2.05, 4.69) is 78.9 Å². The molecule has 0 saturated heterocycles. The van der Waals surface area contributed by atoms with Crippen LogP contribution in [0.25, 0.3) is 17.2 Å². The molecule has 0 radical (unpaired) electrons. The molecule has 1 heterocycles. The molecule has 0 bridgehead atoms. The van der Waals surface area contributed by atoms with Crippen molar-refractivity contribution >= 4 is 11.8 Å². The van der Waals surface area contributed by atoms with Gasteiger partial charge in [-0.25, -0.2) is 0 Å². The van der Waals surface area contributed by atoms with Crippen molar-refractivity contribution in [3.63, 3.8) is 0 Å². The van der Waals surface area contributed by atoms with Crippen molar-refractivity contribution in [1.82, 2.24) is 4.90 Å². The molecule has 0 spiro atoms. The van der Waals surface area contributed by atoms with E-state index in [1.807, 2.05) is 6.08 Å². The van der Waals surface area contributed by atoms with Crippen LogP contribution in [0.2, 0.25) is 0 Å². The van der Waals surface area contributed by atoms with Gasteiger partial charge in [-0.15, -0.1) is 0 Å². The van der Waals surface area contributed by atoms with Gasteiger partial charge >= 0.3 is 0 Å². The normalized spacial score (nSPS) is 17.8. The molecule has 1 fully saturated rings. The molecule has 0 aromatic heterocycles. The number of hydrogen-bond donors (Lipinski definition) is 0. The number of nitrogens with zero attached hydrogens (tertiary/aromatic N) is 2. The van der Waals surface area contributed by atoms with E-state index in [1.54, 1.807) is 0 Å². The van der Waals surface area contributed by atoms with Crippen molar-refractivity contribution in [3.8, 4) is 11.1 Å². The summed E-state index contributed by atoms with van der Waals surface area (Å²) < 4.78 is 0. The topological polar surface area (TPSA) is 6.48 Å². The molecule has 30 heavy (non-hydrogen) atoms. The molecular formula is C28H36N2. The molecule has 4 rings (SSSR count). The first kappa shape index (κ1) is 20.9. The van der Waals surface area contributed by atoms with Gasteiger partial charge in [-0.1, -0.05) is 68.3 Å². The first-order valence-corrected chi connectivity index (χ1v) is 11.6. The van der Waals surface area contributed by atoms with E-state index in [4.69, 9.17) is 0 Å². The van der Waals surface area contributed by atoms with Crippen LogP contribution in [0.3, 0.4) is 0 Å². The summed E-state index contributed by atoms with van der Waals surface area (Å²) in [4.78, 5) is 5.04. The predicted molar refractivity (Wildman–Crippen MR) is 131 cm³/mol. The monoisotopic (exact) mass is 400 g/mol. The second kappa shape index (κ2) is 9.66. The molecular weight excluding hydrogens is 364 g/mol. The summed E-state index contributed by atoms with van der Waals surface area (Å²) in [5.74, 6) is 0. The molecule has 2 aromatic rings. The maximum absolute atomic E-state index is 4.09. The zero-order valence-electron chi connectivity index (χ0n) is 18.7. The Morgan fingerprint density at radius 2 is 1.80 bits per heavy atom. The largest absolute Gasteiger partial charge is 0.371 e. The van der Waals surface area contributed by atoms with Crippen LogP contribution in [0.4, 0.5) is 5.69 Å². The summed E-state index contributed by atoms with van der Waals surface area (Å²) in [5, 5.41) is 0.